The highest BCUT2D eigenvalue weighted by atomic mass is 19.4. The van der Waals surface area contributed by atoms with Gasteiger partial charge in [-0.15, -0.1) is 0 Å². The van der Waals surface area contributed by atoms with E-state index in [0.29, 0.717) is 5.56 Å². The van der Waals surface area contributed by atoms with Crippen LogP contribution in [0.25, 0.3) is 0 Å². The number of aliphatic hydroxyl groups is 1. The van der Waals surface area contributed by atoms with E-state index in [1.807, 2.05) is 0 Å². The number of hydrogen-bond donors (Lipinski definition) is 2. The number of benzene rings is 1. The first-order valence-corrected chi connectivity index (χ1v) is 6.94. The van der Waals surface area contributed by atoms with E-state index in [0.717, 1.165) is 37.8 Å². The standard InChI is InChI=1S/C15H18F3NO2/c16-15(17,18)11-5-6-12(13(7-11)14(19)21)10-3-1-9(8-20)2-4-10/h5-7,9-10,20H,1-4,8H2,(H2,19,21). The molecule has 116 valence electrons. The molecule has 0 bridgehead atoms. The maximum atomic E-state index is 12.7. The summed E-state index contributed by atoms with van der Waals surface area (Å²) in [6, 6.07) is 3.21. The molecule has 0 saturated heterocycles. The lowest BCUT2D eigenvalue weighted by Gasteiger charge is -2.28. The summed E-state index contributed by atoms with van der Waals surface area (Å²) in [4.78, 5) is 11.5. The van der Waals surface area contributed by atoms with E-state index in [-0.39, 0.29) is 24.0 Å². The van der Waals surface area contributed by atoms with Gasteiger partial charge in [-0.1, -0.05) is 6.07 Å². The van der Waals surface area contributed by atoms with Gasteiger partial charge in [0.25, 0.3) is 0 Å². The summed E-state index contributed by atoms with van der Waals surface area (Å²) < 4.78 is 38.2. The second kappa shape index (κ2) is 6.05. The van der Waals surface area contributed by atoms with Crippen LogP contribution in [0.15, 0.2) is 18.2 Å². The van der Waals surface area contributed by atoms with Crippen molar-refractivity contribution in [3.63, 3.8) is 0 Å². The number of halogens is 3. The number of primary amides is 1. The number of hydrogen-bond acceptors (Lipinski definition) is 2. The van der Waals surface area contributed by atoms with E-state index in [1.54, 1.807) is 0 Å². The molecule has 1 fully saturated rings. The lowest BCUT2D eigenvalue weighted by atomic mass is 9.77. The van der Waals surface area contributed by atoms with Crippen molar-refractivity contribution in [3.8, 4) is 0 Å². The molecule has 0 heterocycles. The Morgan fingerprint density at radius 2 is 1.86 bits per heavy atom. The van der Waals surface area contributed by atoms with Crippen molar-refractivity contribution < 1.29 is 23.1 Å². The highest BCUT2D eigenvalue weighted by molar-refractivity contribution is 5.94. The Balaban J connectivity index is 2.29. The van der Waals surface area contributed by atoms with Crippen LogP contribution in [-0.4, -0.2) is 17.6 Å². The summed E-state index contributed by atoms with van der Waals surface area (Å²) in [6.07, 6.45) is -1.38. The molecule has 0 radical (unpaired) electrons. The molecule has 0 atom stereocenters. The summed E-state index contributed by atoms with van der Waals surface area (Å²) in [5, 5.41) is 9.12. The molecule has 2 rings (SSSR count). The molecule has 1 saturated carbocycles. The Bertz CT molecular complexity index is 520. The molecule has 0 aliphatic heterocycles. The van der Waals surface area contributed by atoms with E-state index in [4.69, 9.17) is 10.8 Å². The van der Waals surface area contributed by atoms with Gasteiger partial charge in [0.2, 0.25) is 5.91 Å². The molecule has 0 aromatic heterocycles. The molecular weight excluding hydrogens is 283 g/mol. The zero-order chi connectivity index (χ0) is 15.6. The van der Waals surface area contributed by atoms with Crippen LogP contribution in [-0.2, 0) is 6.18 Å². The zero-order valence-corrected chi connectivity index (χ0v) is 11.5. The number of rotatable bonds is 3. The SMILES string of the molecule is NC(=O)c1cc(C(F)(F)F)ccc1C1CCC(CO)CC1. The first kappa shape index (κ1) is 15.8. The van der Waals surface area contributed by atoms with Crippen molar-refractivity contribution in [3.05, 3.63) is 34.9 Å². The largest absolute Gasteiger partial charge is 0.416 e. The van der Waals surface area contributed by atoms with Gasteiger partial charge in [0.15, 0.2) is 0 Å². The average Bonchev–Trinajstić information content (AvgIpc) is 2.45. The van der Waals surface area contributed by atoms with E-state index in [1.165, 1.54) is 6.07 Å². The molecule has 1 aliphatic rings. The number of aliphatic hydroxyl groups excluding tert-OH is 1. The topological polar surface area (TPSA) is 63.3 Å². The third-order valence-electron chi connectivity index (χ3n) is 4.19. The fourth-order valence-corrected chi connectivity index (χ4v) is 2.96. The molecule has 3 nitrogen and oxygen atoms in total. The molecule has 1 aliphatic carbocycles. The monoisotopic (exact) mass is 301 g/mol. The van der Waals surface area contributed by atoms with Gasteiger partial charge in [-0.05, 0) is 55.2 Å². The fourth-order valence-electron chi connectivity index (χ4n) is 2.96. The van der Waals surface area contributed by atoms with Crippen molar-refractivity contribution in [1.82, 2.24) is 0 Å². The molecule has 1 aromatic carbocycles. The number of carbonyl (C=O) groups is 1. The Hall–Kier alpha value is -1.56. The number of carbonyl (C=O) groups excluding carboxylic acids is 1. The quantitative estimate of drug-likeness (QED) is 0.901. The number of nitrogens with two attached hydrogens (primary N) is 1. The van der Waals surface area contributed by atoms with Crippen LogP contribution in [0.2, 0.25) is 0 Å². The van der Waals surface area contributed by atoms with Gasteiger partial charge < -0.3 is 10.8 Å². The van der Waals surface area contributed by atoms with Crippen molar-refractivity contribution in [2.24, 2.45) is 11.7 Å². The molecule has 6 heteroatoms. The van der Waals surface area contributed by atoms with Crippen molar-refractivity contribution in [2.75, 3.05) is 6.61 Å². The Morgan fingerprint density at radius 1 is 1.24 bits per heavy atom. The van der Waals surface area contributed by atoms with Gasteiger partial charge in [0, 0.05) is 12.2 Å². The summed E-state index contributed by atoms with van der Waals surface area (Å²) in [5.41, 5.74) is 4.93. The van der Waals surface area contributed by atoms with Gasteiger partial charge in [0.1, 0.15) is 0 Å². The minimum atomic E-state index is -4.49. The normalized spacial score (nSPS) is 23.0. The van der Waals surface area contributed by atoms with Gasteiger partial charge >= 0.3 is 6.18 Å². The average molecular weight is 301 g/mol. The lowest BCUT2D eigenvalue weighted by molar-refractivity contribution is -0.137. The molecule has 0 unspecified atom stereocenters. The summed E-state index contributed by atoms with van der Waals surface area (Å²) >= 11 is 0. The molecular formula is C15H18F3NO2. The van der Waals surface area contributed by atoms with Crippen LogP contribution in [0.1, 0.15) is 53.1 Å². The van der Waals surface area contributed by atoms with Crippen molar-refractivity contribution >= 4 is 5.91 Å². The van der Waals surface area contributed by atoms with Crippen LogP contribution in [0.5, 0.6) is 0 Å². The minimum Gasteiger partial charge on any atom is -0.396 e. The predicted octanol–water partition coefficient (Wildman–Crippen LogP) is 3.07. The minimum absolute atomic E-state index is 0.0255. The number of amides is 1. The Morgan fingerprint density at radius 3 is 2.33 bits per heavy atom. The summed E-state index contributed by atoms with van der Waals surface area (Å²) in [5.74, 6) is -0.564. The maximum Gasteiger partial charge on any atom is 0.416 e. The van der Waals surface area contributed by atoms with E-state index in [2.05, 4.69) is 0 Å². The van der Waals surface area contributed by atoms with Crippen LogP contribution >= 0.6 is 0 Å². The molecule has 21 heavy (non-hydrogen) atoms. The van der Waals surface area contributed by atoms with E-state index >= 15 is 0 Å². The smallest absolute Gasteiger partial charge is 0.396 e. The van der Waals surface area contributed by atoms with Gasteiger partial charge in [-0.25, -0.2) is 0 Å². The van der Waals surface area contributed by atoms with E-state index in [9.17, 15) is 18.0 Å². The molecule has 0 spiro atoms. The summed E-state index contributed by atoms with van der Waals surface area (Å²) in [6.45, 7) is 0.127. The molecule has 3 N–H and O–H groups in total. The second-order valence-corrected chi connectivity index (χ2v) is 5.56. The molecule has 1 amide bonds. The van der Waals surface area contributed by atoms with Gasteiger partial charge in [-0.2, -0.15) is 13.2 Å². The van der Waals surface area contributed by atoms with Crippen molar-refractivity contribution in [1.29, 1.82) is 0 Å². The summed E-state index contributed by atoms with van der Waals surface area (Å²) in [7, 11) is 0. The third kappa shape index (κ3) is 3.56. The first-order chi connectivity index (χ1) is 9.82. The predicted molar refractivity (Wildman–Crippen MR) is 71.7 cm³/mol. The highest BCUT2D eigenvalue weighted by Crippen LogP contribution is 2.39. The van der Waals surface area contributed by atoms with Crippen LogP contribution in [0.3, 0.4) is 0 Å². The Labute approximate surface area is 121 Å². The van der Waals surface area contributed by atoms with Crippen LogP contribution in [0.4, 0.5) is 13.2 Å². The third-order valence-corrected chi connectivity index (χ3v) is 4.19. The Kier molecular flexibility index (Phi) is 4.56. The maximum absolute atomic E-state index is 12.7. The first-order valence-electron chi connectivity index (χ1n) is 6.94. The van der Waals surface area contributed by atoms with Crippen LogP contribution < -0.4 is 5.73 Å². The van der Waals surface area contributed by atoms with E-state index < -0.39 is 17.6 Å². The highest BCUT2D eigenvalue weighted by Gasteiger charge is 2.33. The van der Waals surface area contributed by atoms with Crippen molar-refractivity contribution in [2.45, 2.75) is 37.8 Å². The van der Waals surface area contributed by atoms with Crippen LogP contribution in [0, 0.1) is 5.92 Å². The zero-order valence-electron chi connectivity index (χ0n) is 11.5. The number of alkyl halides is 3. The second-order valence-electron chi connectivity index (χ2n) is 5.56. The lowest BCUT2D eigenvalue weighted by Crippen LogP contribution is -2.21. The molecule has 1 aromatic rings. The van der Waals surface area contributed by atoms with Gasteiger partial charge in [0.05, 0.1) is 5.56 Å². The fraction of sp³-hybridized carbons (Fsp3) is 0.533. The van der Waals surface area contributed by atoms with Gasteiger partial charge in [-0.3, -0.25) is 4.79 Å².